The molecule has 0 spiro atoms. The van der Waals surface area contributed by atoms with Gasteiger partial charge < -0.3 is 10.1 Å². The van der Waals surface area contributed by atoms with Crippen LogP contribution in [0.1, 0.15) is 12.1 Å². The minimum atomic E-state index is 0.0121. The fourth-order valence-corrected chi connectivity index (χ4v) is 1.93. The van der Waals surface area contributed by atoms with Crippen LogP contribution in [0.25, 0.3) is 0 Å². The number of thioether (sulfide) groups is 1. The highest BCUT2D eigenvalue weighted by Gasteiger charge is 2.02. The van der Waals surface area contributed by atoms with E-state index in [9.17, 15) is 4.79 Å². The van der Waals surface area contributed by atoms with E-state index < -0.39 is 0 Å². The Bertz CT molecular complexity index is 341. The van der Waals surface area contributed by atoms with Crippen LogP contribution in [0.2, 0.25) is 0 Å². The highest BCUT2D eigenvalue weighted by Crippen LogP contribution is 2.08. The summed E-state index contributed by atoms with van der Waals surface area (Å²) in [6.07, 6.45) is 2.64. The lowest BCUT2D eigenvalue weighted by Gasteiger charge is -2.04. The van der Waals surface area contributed by atoms with Gasteiger partial charge >= 0.3 is 0 Å². The summed E-state index contributed by atoms with van der Waals surface area (Å²) in [4.78, 5) is 15.7. The van der Waals surface area contributed by atoms with Crippen molar-refractivity contribution in [2.75, 3.05) is 30.5 Å². The number of nitrogens with zero attached hydrogens (tertiary/aromatic N) is 1. The van der Waals surface area contributed by atoms with Crippen molar-refractivity contribution in [1.82, 2.24) is 4.98 Å². The number of ether oxygens (including phenoxy) is 1. The number of pyridine rings is 1. The van der Waals surface area contributed by atoms with Crippen molar-refractivity contribution in [3.05, 3.63) is 24.0 Å². The average molecular weight is 254 g/mol. The topological polar surface area (TPSA) is 51.2 Å². The largest absolute Gasteiger partial charge is 0.385 e. The van der Waals surface area contributed by atoms with Crippen molar-refractivity contribution in [1.29, 1.82) is 0 Å². The Kier molecular flexibility index (Phi) is 6.65. The summed E-state index contributed by atoms with van der Waals surface area (Å²) in [6, 6.07) is 3.73. The van der Waals surface area contributed by atoms with Gasteiger partial charge in [-0.1, -0.05) is 0 Å². The molecular weight excluding hydrogens is 236 g/mol. The van der Waals surface area contributed by atoms with Gasteiger partial charge in [-0.2, -0.15) is 11.8 Å². The molecule has 0 radical (unpaired) electrons. The smallest absolute Gasteiger partial charge is 0.234 e. The van der Waals surface area contributed by atoms with E-state index in [1.54, 1.807) is 25.1 Å². The Morgan fingerprint density at radius 2 is 2.35 bits per heavy atom. The number of anilines is 1. The molecule has 0 saturated heterocycles. The number of hydrogen-bond acceptors (Lipinski definition) is 4. The first-order chi connectivity index (χ1) is 8.22. The van der Waals surface area contributed by atoms with Gasteiger partial charge in [0, 0.05) is 19.4 Å². The van der Waals surface area contributed by atoms with Gasteiger partial charge in [-0.25, -0.2) is 0 Å². The van der Waals surface area contributed by atoms with Crippen LogP contribution in [-0.4, -0.2) is 36.1 Å². The van der Waals surface area contributed by atoms with Crippen LogP contribution in [0.4, 0.5) is 5.69 Å². The molecule has 94 valence electrons. The van der Waals surface area contributed by atoms with Crippen molar-refractivity contribution in [2.24, 2.45) is 0 Å². The summed E-state index contributed by atoms with van der Waals surface area (Å²) < 4.78 is 4.93. The lowest BCUT2D eigenvalue weighted by atomic mass is 10.3. The molecule has 0 aliphatic heterocycles. The van der Waals surface area contributed by atoms with Gasteiger partial charge in [0.1, 0.15) is 0 Å². The van der Waals surface area contributed by atoms with Crippen molar-refractivity contribution in [3.8, 4) is 0 Å². The lowest BCUT2D eigenvalue weighted by Crippen LogP contribution is -2.14. The standard InChI is InChI=1S/C12H18N2O2S/c1-10-4-5-11(8-13-10)14-12(15)9-17-7-3-6-16-2/h4-5,8H,3,6-7,9H2,1-2H3,(H,14,15). The molecule has 0 bridgehead atoms. The monoisotopic (exact) mass is 254 g/mol. The number of carbonyl (C=O) groups excluding carboxylic acids is 1. The van der Waals surface area contributed by atoms with Gasteiger partial charge in [0.05, 0.1) is 17.6 Å². The zero-order chi connectivity index (χ0) is 12.5. The maximum absolute atomic E-state index is 11.5. The highest BCUT2D eigenvalue weighted by atomic mass is 32.2. The number of rotatable bonds is 7. The predicted octanol–water partition coefficient (Wildman–Crippen LogP) is 2.10. The second-order valence-corrected chi connectivity index (χ2v) is 4.74. The summed E-state index contributed by atoms with van der Waals surface area (Å²) in [6.45, 7) is 2.66. The molecular formula is C12H18N2O2S. The number of hydrogen-bond donors (Lipinski definition) is 1. The first kappa shape index (κ1) is 14.0. The number of methoxy groups -OCH3 is 1. The van der Waals surface area contributed by atoms with Crippen molar-refractivity contribution < 1.29 is 9.53 Å². The fourth-order valence-electron chi connectivity index (χ4n) is 1.21. The van der Waals surface area contributed by atoms with Crippen LogP contribution in [0.5, 0.6) is 0 Å². The van der Waals surface area contributed by atoms with Gasteiger partial charge in [0.2, 0.25) is 5.91 Å². The Morgan fingerprint density at radius 1 is 1.53 bits per heavy atom. The van der Waals surface area contributed by atoms with E-state index >= 15 is 0 Å². The molecule has 1 heterocycles. The third kappa shape index (κ3) is 6.28. The molecule has 0 atom stereocenters. The number of amides is 1. The predicted molar refractivity (Wildman–Crippen MR) is 71.4 cm³/mol. The van der Waals surface area contributed by atoms with E-state index in [0.29, 0.717) is 5.75 Å². The van der Waals surface area contributed by atoms with Gasteiger partial charge in [-0.3, -0.25) is 9.78 Å². The van der Waals surface area contributed by atoms with Crippen molar-refractivity contribution in [2.45, 2.75) is 13.3 Å². The molecule has 0 aliphatic rings. The highest BCUT2D eigenvalue weighted by molar-refractivity contribution is 7.99. The lowest BCUT2D eigenvalue weighted by molar-refractivity contribution is -0.113. The van der Waals surface area contributed by atoms with Crippen molar-refractivity contribution >= 4 is 23.4 Å². The van der Waals surface area contributed by atoms with E-state index in [-0.39, 0.29) is 5.91 Å². The van der Waals surface area contributed by atoms with E-state index in [1.165, 1.54) is 0 Å². The van der Waals surface area contributed by atoms with Crippen molar-refractivity contribution in [3.63, 3.8) is 0 Å². The van der Waals surface area contributed by atoms with Crippen LogP contribution in [0.3, 0.4) is 0 Å². The molecule has 1 aromatic rings. The van der Waals surface area contributed by atoms with Crippen LogP contribution in [0, 0.1) is 6.92 Å². The summed E-state index contributed by atoms with van der Waals surface area (Å²) in [5, 5.41) is 2.81. The SMILES string of the molecule is COCCCSCC(=O)Nc1ccc(C)nc1. The molecule has 0 saturated carbocycles. The van der Waals surface area contributed by atoms with E-state index in [0.717, 1.165) is 30.2 Å². The van der Waals surface area contributed by atoms with Crippen LogP contribution >= 0.6 is 11.8 Å². The molecule has 0 aromatic carbocycles. The Morgan fingerprint density at radius 3 is 3.00 bits per heavy atom. The summed E-state index contributed by atoms with van der Waals surface area (Å²) in [7, 11) is 1.68. The first-order valence-electron chi connectivity index (χ1n) is 5.51. The summed E-state index contributed by atoms with van der Waals surface area (Å²) >= 11 is 1.61. The molecule has 4 nitrogen and oxygen atoms in total. The van der Waals surface area contributed by atoms with Gasteiger partial charge in [0.15, 0.2) is 0 Å². The number of carbonyl (C=O) groups is 1. The molecule has 17 heavy (non-hydrogen) atoms. The second kappa shape index (κ2) is 8.08. The van der Waals surface area contributed by atoms with E-state index in [2.05, 4.69) is 10.3 Å². The Hall–Kier alpha value is -1.07. The van der Waals surface area contributed by atoms with Crippen LogP contribution in [-0.2, 0) is 9.53 Å². The minimum absolute atomic E-state index is 0.0121. The zero-order valence-electron chi connectivity index (χ0n) is 10.2. The maximum atomic E-state index is 11.5. The molecule has 0 aliphatic carbocycles. The van der Waals surface area contributed by atoms with E-state index in [1.807, 2.05) is 19.1 Å². The average Bonchev–Trinajstić information content (AvgIpc) is 2.32. The van der Waals surface area contributed by atoms with Crippen LogP contribution in [0.15, 0.2) is 18.3 Å². The molecule has 5 heteroatoms. The molecule has 1 N–H and O–H groups in total. The number of aromatic nitrogens is 1. The Labute approximate surface area is 106 Å². The Balaban J connectivity index is 2.18. The molecule has 0 fully saturated rings. The molecule has 0 unspecified atom stereocenters. The van der Waals surface area contributed by atoms with Gasteiger partial charge in [-0.15, -0.1) is 0 Å². The first-order valence-corrected chi connectivity index (χ1v) is 6.67. The molecule has 1 amide bonds. The number of nitrogens with one attached hydrogen (secondary N) is 1. The van der Waals surface area contributed by atoms with E-state index in [4.69, 9.17) is 4.74 Å². The normalized spacial score (nSPS) is 10.2. The van der Waals surface area contributed by atoms with Crippen LogP contribution < -0.4 is 5.32 Å². The second-order valence-electron chi connectivity index (χ2n) is 3.64. The molecule has 1 rings (SSSR count). The van der Waals surface area contributed by atoms with Gasteiger partial charge in [-0.05, 0) is 31.2 Å². The third-order valence-corrected chi connectivity index (χ3v) is 3.11. The zero-order valence-corrected chi connectivity index (χ0v) is 11.0. The molecule has 1 aromatic heterocycles. The third-order valence-electron chi connectivity index (χ3n) is 2.07. The number of aryl methyl sites for hydroxylation is 1. The van der Waals surface area contributed by atoms with Gasteiger partial charge in [0.25, 0.3) is 0 Å². The quantitative estimate of drug-likeness (QED) is 0.757. The minimum Gasteiger partial charge on any atom is -0.385 e. The summed E-state index contributed by atoms with van der Waals surface area (Å²) in [5.74, 6) is 1.42. The maximum Gasteiger partial charge on any atom is 0.234 e. The fraction of sp³-hybridized carbons (Fsp3) is 0.500. The summed E-state index contributed by atoms with van der Waals surface area (Å²) in [5.41, 5.74) is 1.69.